The predicted molar refractivity (Wildman–Crippen MR) is 62.0 cm³/mol. The third-order valence-electron chi connectivity index (χ3n) is 3.74. The van der Waals surface area contributed by atoms with Gasteiger partial charge in [0.2, 0.25) is 0 Å². The maximum Gasteiger partial charge on any atom is 0.0840 e. The van der Waals surface area contributed by atoms with Crippen molar-refractivity contribution in [2.75, 3.05) is 13.7 Å². The molecular formula is C13H19NO. The second-order valence-corrected chi connectivity index (χ2v) is 4.51. The molecule has 0 radical (unpaired) electrons. The molecular weight excluding hydrogens is 186 g/mol. The standard InChI is InChI=1S/C13H19NO/c1-13(9-14,15-2)12-8-7-10-5-3-4-6-11(10)12/h3-6,12H,7-9,14H2,1-2H3. The minimum atomic E-state index is -0.216. The van der Waals surface area contributed by atoms with Gasteiger partial charge in [-0.15, -0.1) is 0 Å². The molecule has 15 heavy (non-hydrogen) atoms. The second-order valence-electron chi connectivity index (χ2n) is 4.51. The Balaban J connectivity index is 2.34. The third kappa shape index (κ3) is 1.68. The molecule has 0 amide bonds. The van der Waals surface area contributed by atoms with E-state index in [4.69, 9.17) is 10.5 Å². The molecule has 0 bridgehead atoms. The van der Waals surface area contributed by atoms with Crippen LogP contribution in [0.3, 0.4) is 0 Å². The fraction of sp³-hybridized carbons (Fsp3) is 0.538. The number of ether oxygens (including phenoxy) is 1. The number of aryl methyl sites for hydroxylation is 1. The average Bonchev–Trinajstić information content (AvgIpc) is 2.72. The van der Waals surface area contributed by atoms with E-state index in [1.807, 2.05) is 0 Å². The Bertz CT molecular complexity index is 344. The Labute approximate surface area is 91.4 Å². The molecule has 82 valence electrons. The van der Waals surface area contributed by atoms with Crippen LogP contribution in [-0.2, 0) is 11.2 Å². The first-order valence-corrected chi connectivity index (χ1v) is 5.54. The maximum absolute atomic E-state index is 5.83. The molecule has 0 aliphatic heterocycles. The zero-order chi connectivity index (χ0) is 10.9. The van der Waals surface area contributed by atoms with Gasteiger partial charge < -0.3 is 10.5 Å². The zero-order valence-electron chi connectivity index (χ0n) is 9.49. The van der Waals surface area contributed by atoms with E-state index in [2.05, 4.69) is 31.2 Å². The molecule has 1 aliphatic carbocycles. The topological polar surface area (TPSA) is 35.2 Å². The number of nitrogens with two attached hydrogens (primary N) is 1. The van der Waals surface area contributed by atoms with Gasteiger partial charge in [-0.25, -0.2) is 0 Å². The summed E-state index contributed by atoms with van der Waals surface area (Å²) < 4.78 is 5.60. The largest absolute Gasteiger partial charge is 0.377 e. The molecule has 0 saturated carbocycles. The number of hydrogen-bond donors (Lipinski definition) is 1. The van der Waals surface area contributed by atoms with Gasteiger partial charge >= 0.3 is 0 Å². The lowest BCUT2D eigenvalue weighted by Crippen LogP contribution is -2.41. The summed E-state index contributed by atoms with van der Waals surface area (Å²) in [5.41, 5.74) is 8.49. The monoisotopic (exact) mass is 205 g/mol. The zero-order valence-corrected chi connectivity index (χ0v) is 9.49. The van der Waals surface area contributed by atoms with E-state index in [1.165, 1.54) is 11.1 Å². The van der Waals surface area contributed by atoms with Crippen molar-refractivity contribution >= 4 is 0 Å². The highest BCUT2D eigenvalue weighted by molar-refractivity contribution is 5.37. The van der Waals surface area contributed by atoms with Gasteiger partial charge in [-0.3, -0.25) is 0 Å². The predicted octanol–water partition coefficient (Wildman–Crippen LogP) is 2.08. The Morgan fingerprint density at radius 2 is 2.20 bits per heavy atom. The van der Waals surface area contributed by atoms with Crippen molar-refractivity contribution in [1.82, 2.24) is 0 Å². The van der Waals surface area contributed by atoms with Crippen molar-refractivity contribution in [3.8, 4) is 0 Å². The van der Waals surface area contributed by atoms with Gasteiger partial charge in [-0.2, -0.15) is 0 Å². The van der Waals surface area contributed by atoms with Gasteiger partial charge in [0.15, 0.2) is 0 Å². The third-order valence-corrected chi connectivity index (χ3v) is 3.74. The molecule has 0 fully saturated rings. The molecule has 0 aromatic heterocycles. The summed E-state index contributed by atoms with van der Waals surface area (Å²) in [7, 11) is 1.76. The van der Waals surface area contributed by atoms with Crippen LogP contribution in [0.1, 0.15) is 30.4 Å². The Morgan fingerprint density at radius 1 is 1.47 bits per heavy atom. The quantitative estimate of drug-likeness (QED) is 0.820. The Kier molecular flexibility index (Phi) is 2.81. The lowest BCUT2D eigenvalue weighted by Gasteiger charge is -2.33. The summed E-state index contributed by atoms with van der Waals surface area (Å²) in [6.07, 6.45) is 2.31. The van der Waals surface area contributed by atoms with E-state index in [1.54, 1.807) is 7.11 Å². The summed E-state index contributed by atoms with van der Waals surface area (Å²) in [4.78, 5) is 0. The van der Waals surface area contributed by atoms with Gasteiger partial charge in [-0.05, 0) is 30.9 Å². The molecule has 2 nitrogen and oxygen atoms in total. The number of benzene rings is 1. The first kappa shape index (κ1) is 10.7. The van der Waals surface area contributed by atoms with Crippen molar-refractivity contribution in [2.45, 2.75) is 31.3 Å². The SMILES string of the molecule is COC(C)(CN)C1CCc2ccccc21. The summed E-state index contributed by atoms with van der Waals surface area (Å²) in [5.74, 6) is 0.448. The van der Waals surface area contributed by atoms with E-state index in [9.17, 15) is 0 Å². The van der Waals surface area contributed by atoms with E-state index in [0.29, 0.717) is 12.5 Å². The van der Waals surface area contributed by atoms with Crippen LogP contribution < -0.4 is 5.73 Å². The van der Waals surface area contributed by atoms with E-state index >= 15 is 0 Å². The molecule has 0 spiro atoms. The van der Waals surface area contributed by atoms with Gasteiger partial charge in [0.1, 0.15) is 0 Å². The molecule has 2 unspecified atom stereocenters. The van der Waals surface area contributed by atoms with Crippen LogP contribution in [0.2, 0.25) is 0 Å². The first-order valence-electron chi connectivity index (χ1n) is 5.54. The highest BCUT2D eigenvalue weighted by atomic mass is 16.5. The lowest BCUT2D eigenvalue weighted by atomic mass is 9.84. The Hall–Kier alpha value is -0.860. The first-order chi connectivity index (χ1) is 7.21. The lowest BCUT2D eigenvalue weighted by molar-refractivity contribution is -0.00956. The maximum atomic E-state index is 5.83. The van der Waals surface area contributed by atoms with Crippen LogP contribution >= 0.6 is 0 Å². The van der Waals surface area contributed by atoms with E-state index in [-0.39, 0.29) is 5.60 Å². The molecule has 1 aliphatic rings. The minimum absolute atomic E-state index is 0.216. The molecule has 2 N–H and O–H groups in total. The fourth-order valence-electron chi connectivity index (χ4n) is 2.56. The highest BCUT2D eigenvalue weighted by Crippen LogP contribution is 2.41. The van der Waals surface area contributed by atoms with Crippen molar-refractivity contribution in [3.05, 3.63) is 35.4 Å². The van der Waals surface area contributed by atoms with E-state index < -0.39 is 0 Å². The molecule has 0 saturated heterocycles. The van der Waals surface area contributed by atoms with Crippen LogP contribution in [0, 0.1) is 0 Å². The van der Waals surface area contributed by atoms with Crippen LogP contribution in [0.25, 0.3) is 0 Å². The van der Waals surface area contributed by atoms with Gasteiger partial charge in [0.05, 0.1) is 5.60 Å². The van der Waals surface area contributed by atoms with E-state index in [0.717, 1.165) is 12.8 Å². The van der Waals surface area contributed by atoms with Crippen molar-refractivity contribution in [1.29, 1.82) is 0 Å². The van der Waals surface area contributed by atoms with Crippen LogP contribution in [0.15, 0.2) is 24.3 Å². The number of fused-ring (bicyclic) bond motifs is 1. The summed E-state index contributed by atoms with van der Waals surface area (Å²) in [6.45, 7) is 2.68. The molecule has 1 aromatic rings. The molecule has 2 rings (SSSR count). The minimum Gasteiger partial charge on any atom is -0.377 e. The summed E-state index contributed by atoms with van der Waals surface area (Å²) >= 11 is 0. The van der Waals surface area contributed by atoms with Gasteiger partial charge in [-0.1, -0.05) is 24.3 Å². The average molecular weight is 205 g/mol. The van der Waals surface area contributed by atoms with Crippen molar-refractivity contribution in [3.63, 3.8) is 0 Å². The van der Waals surface area contributed by atoms with Gasteiger partial charge in [0.25, 0.3) is 0 Å². The normalized spacial score (nSPS) is 23.5. The second kappa shape index (κ2) is 3.95. The van der Waals surface area contributed by atoms with Crippen LogP contribution in [0.5, 0.6) is 0 Å². The van der Waals surface area contributed by atoms with Crippen molar-refractivity contribution < 1.29 is 4.74 Å². The Morgan fingerprint density at radius 3 is 2.87 bits per heavy atom. The number of hydrogen-bond acceptors (Lipinski definition) is 2. The van der Waals surface area contributed by atoms with Crippen molar-refractivity contribution in [2.24, 2.45) is 5.73 Å². The fourth-order valence-corrected chi connectivity index (χ4v) is 2.56. The van der Waals surface area contributed by atoms with Crippen LogP contribution in [0.4, 0.5) is 0 Å². The van der Waals surface area contributed by atoms with Gasteiger partial charge in [0, 0.05) is 19.6 Å². The smallest absolute Gasteiger partial charge is 0.0840 e. The number of methoxy groups -OCH3 is 1. The molecule has 0 heterocycles. The van der Waals surface area contributed by atoms with Crippen LogP contribution in [-0.4, -0.2) is 19.3 Å². The summed E-state index contributed by atoms with van der Waals surface area (Å²) in [6, 6.07) is 8.62. The summed E-state index contributed by atoms with van der Waals surface area (Å²) in [5, 5.41) is 0. The molecule has 1 aromatic carbocycles. The molecule has 2 heteroatoms. The molecule has 2 atom stereocenters. The highest BCUT2D eigenvalue weighted by Gasteiger charge is 2.37. The number of rotatable bonds is 3.